The van der Waals surface area contributed by atoms with E-state index in [1.807, 2.05) is 24.3 Å². The van der Waals surface area contributed by atoms with E-state index in [1.165, 1.54) is 0 Å². The van der Waals surface area contributed by atoms with Gasteiger partial charge in [0.05, 0.1) is 6.61 Å². The highest BCUT2D eigenvalue weighted by Crippen LogP contribution is 2.13. The van der Waals surface area contributed by atoms with Crippen LogP contribution in [0, 0.1) is 0 Å². The molecule has 0 bridgehead atoms. The van der Waals surface area contributed by atoms with Crippen molar-refractivity contribution >= 4 is 11.3 Å². The number of anilines is 1. The maximum Gasteiger partial charge on any atom is 0.0713 e. The molecule has 1 aromatic carbocycles. The first-order valence-electron chi connectivity index (χ1n) is 3.76. The fourth-order valence-electron chi connectivity index (χ4n) is 0.976. The van der Waals surface area contributed by atoms with Crippen molar-refractivity contribution in [1.82, 2.24) is 0 Å². The molecule has 0 aromatic heterocycles. The normalized spacial score (nSPS) is 9.75. The van der Waals surface area contributed by atoms with Gasteiger partial charge in [0.15, 0.2) is 0 Å². The molecule has 0 spiro atoms. The Morgan fingerprint density at radius 2 is 2.00 bits per heavy atom. The molecule has 0 saturated carbocycles. The van der Waals surface area contributed by atoms with Gasteiger partial charge in [-0.05, 0) is 23.3 Å². The van der Waals surface area contributed by atoms with E-state index in [2.05, 4.69) is 6.58 Å². The van der Waals surface area contributed by atoms with Crippen LogP contribution in [0.5, 0.6) is 0 Å². The molecule has 0 aliphatic carbocycles. The van der Waals surface area contributed by atoms with E-state index in [4.69, 9.17) is 10.5 Å². The van der Waals surface area contributed by atoms with Crippen LogP contribution < -0.4 is 5.73 Å². The van der Waals surface area contributed by atoms with Crippen LogP contribution in [0.4, 0.5) is 5.69 Å². The van der Waals surface area contributed by atoms with E-state index in [1.54, 1.807) is 7.11 Å². The molecule has 0 amide bonds. The lowest BCUT2D eigenvalue weighted by molar-refractivity contribution is 0.240. The predicted molar refractivity (Wildman–Crippen MR) is 51.8 cm³/mol. The maximum absolute atomic E-state index is 5.54. The van der Waals surface area contributed by atoms with Gasteiger partial charge >= 0.3 is 0 Å². The first-order valence-corrected chi connectivity index (χ1v) is 3.76. The minimum absolute atomic E-state index is 0.559. The molecular weight excluding hydrogens is 150 g/mol. The van der Waals surface area contributed by atoms with Crippen molar-refractivity contribution in [3.63, 3.8) is 0 Å². The molecule has 0 radical (unpaired) electrons. The summed E-state index contributed by atoms with van der Waals surface area (Å²) in [6.45, 7) is 4.44. The zero-order valence-electron chi connectivity index (χ0n) is 7.21. The van der Waals surface area contributed by atoms with E-state index in [9.17, 15) is 0 Å². The van der Waals surface area contributed by atoms with Crippen molar-refractivity contribution in [1.29, 1.82) is 0 Å². The molecule has 0 aliphatic heterocycles. The maximum atomic E-state index is 5.54. The second-order valence-corrected chi connectivity index (χ2v) is 2.66. The Hall–Kier alpha value is -1.28. The summed E-state index contributed by atoms with van der Waals surface area (Å²) in [4.78, 5) is 0. The number of hydrogen-bond acceptors (Lipinski definition) is 2. The summed E-state index contributed by atoms with van der Waals surface area (Å²) >= 11 is 0. The third-order valence-corrected chi connectivity index (χ3v) is 1.64. The number of rotatable bonds is 3. The van der Waals surface area contributed by atoms with Crippen LogP contribution in [0.2, 0.25) is 0 Å². The predicted octanol–water partition coefficient (Wildman–Crippen LogP) is 1.93. The molecule has 12 heavy (non-hydrogen) atoms. The van der Waals surface area contributed by atoms with Gasteiger partial charge in [-0.3, -0.25) is 0 Å². The molecule has 0 atom stereocenters. The molecule has 0 unspecified atom stereocenters. The average Bonchev–Trinajstić information content (AvgIpc) is 2.06. The van der Waals surface area contributed by atoms with Gasteiger partial charge in [0.25, 0.3) is 0 Å². The summed E-state index contributed by atoms with van der Waals surface area (Å²) in [5.74, 6) is 0. The minimum Gasteiger partial charge on any atom is -0.399 e. The lowest BCUT2D eigenvalue weighted by Crippen LogP contribution is -1.92. The van der Waals surface area contributed by atoms with E-state index in [-0.39, 0.29) is 0 Å². The van der Waals surface area contributed by atoms with Gasteiger partial charge < -0.3 is 10.5 Å². The quantitative estimate of drug-likeness (QED) is 0.691. The van der Waals surface area contributed by atoms with Gasteiger partial charge in [0.2, 0.25) is 0 Å². The molecule has 1 rings (SSSR count). The number of nitrogen functional groups attached to an aromatic ring is 1. The zero-order chi connectivity index (χ0) is 8.97. The molecule has 0 aliphatic rings. The van der Waals surface area contributed by atoms with Crippen molar-refractivity contribution in [3.8, 4) is 0 Å². The summed E-state index contributed by atoms with van der Waals surface area (Å²) in [6.07, 6.45) is 0. The van der Waals surface area contributed by atoms with Crippen molar-refractivity contribution in [2.45, 2.75) is 0 Å². The van der Waals surface area contributed by atoms with Gasteiger partial charge in [-0.1, -0.05) is 18.7 Å². The highest BCUT2D eigenvalue weighted by Gasteiger charge is 1.96. The molecule has 2 N–H and O–H groups in total. The van der Waals surface area contributed by atoms with Crippen molar-refractivity contribution in [2.24, 2.45) is 0 Å². The summed E-state index contributed by atoms with van der Waals surface area (Å²) in [5, 5.41) is 0. The largest absolute Gasteiger partial charge is 0.399 e. The Bertz CT molecular complexity index is 264. The van der Waals surface area contributed by atoms with Gasteiger partial charge in [-0.2, -0.15) is 0 Å². The number of methoxy groups -OCH3 is 1. The van der Waals surface area contributed by atoms with E-state index >= 15 is 0 Å². The average molecular weight is 163 g/mol. The van der Waals surface area contributed by atoms with Crippen LogP contribution in [0.3, 0.4) is 0 Å². The molecule has 64 valence electrons. The summed E-state index contributed by atoms with van der Waals surface area (Å²) in [7, 11) is 1.66. The van der Waals surface area contributed by atoms with Gasteiger partial charge in [-0.25, -0.2) is 0 Å². The molecule has 2 nitrogen and oxygen atoms in total. The number of hydrogen-bond donors (Lipinski definition) is 1. The highest BCUT2D eigenvalue weighted by molar-refractivity contribution is 5.65. The van der Waals surface area contributed by atoms with Crippen molar-refractivity contribution in [2.75, 3.05) is 19.5 Å². The summed E-state index contributed by atoms with van der Waals surface area (Å²) in [5.41, 5.74) is 8.35. The lowest BCUT2D eigenvalue weighted by Gasteiger charge is -2.04. The van der Waals surface area contributed by atoms with E-state index in [0.29, 0.717) is 6.61 Å². The van der Waals surface area contributed by atoms with Crippen molar-refractivity contribution < 1.29 is 4.74 Å². The Labute approximate surface area is 72.7 Å². The fourth-order valence-corrected chi connectivity index (χ4v) is 0.976. The monoisotopic (exact) mass is 163 g/mol. The number of nitrogens with two attached hydrogens (primary N) is 1. The van der Waals surface area contributed by atoms with Gasteiger partial charge in [0.1, 0.15) is 0 Å². The highest BCUT2D eigenvalue weighted by atomic mass is 16.5. The van der Waals surface area contributed by atoms with E-state index in [0.717, 1.165) is 16.8 Å². The van der Waals surface area contributed by atoms with Crippen LogP contribution in [-0.4, -0.2) is 13.7 Å². The van der Waals surface area contributed by atoms with E-state index < -0.39 is 0 Å². The lowest BCUT2D eigenvalue weighted by atomic mass is 10.1. The molecule has 0 fully saturated rings. The van der Waals surface area contributed by atoms with Crippen LogP contribution in [0.25, 0.3) is 5.57 Å². The van der Waals surface area contributed by atoms with Crippen LogP contribution in [0.1, 0.15) is 5.56 Å². The number of benzene rings is 1. The first kappa shape index (κ1) is 8.81. The Kier molecular flexibility index (Phi) is 2.88. The third kappa shape index (κ3) is 2.10. The second-order valence-electron chi connectivity index (χ2n) is 2.66. The van der Waals surface area contributed by atoms with Gasteiger partial charge in [-0.15, -0.1) is 0 Å². The Morgan fingerprint density at radius 1 is 1.42 bits per heavy atom. The molecule has 0 heterocycles. The topological polar surface area (TPSA) is 35.2 Å². The zero-order valence-corrected chi connectivity index (χ0v) is 7.21. The van der Waals surface area contributed by atoms with Gasteiger partial charge in [0, 0.05) is 12.8 Å². The molecule has 2 heteroatoms. The first-order chi connectivity index (χ1) is 5.74. The number of ether oxygens (including phenoxy) is 1. The van der Waals surface area contributed by atoms with Crippen LogP contribution in [-0.2, 0) is 4.74 Å². The molecule has 0 saturated heterocycles. The SMILES string of the molecule is C=C(COC)c1ccc(N)cc1. The standard InChI is InChI=1S/C10H13NO/c1-8(7-12-2)9-3-5-10(11)6-4-9/h3-6H,1,7,11H2,2H3. The Balaban J connectivity index is 2.75. The molecular formula is C10H13NO. The van der Waals surface area contributed by atoms with Crippen LogP contribution >= 0.6 is 0 Å². The molecule has 1 aromatic rings. The van der Waals surface area contributed by atoms with Crippen LogP contribution in [0.15, 0.2) is 30.8 Å². The minimum atomic E-state index is 0.559. The second kappa shape index (κ2) is 3.93. The summed E-state index contributed by atoms with van der Waals surface area (Å²) in [6, 6.07) is 7.60. The smallest absolute Gasteiger partial charge is 0.0713 e. The Morgan fingerprint density at radius 3 is 2.50 bits per heavy atom. The fraction of sp³-hybridized carbons (Fsp3) is 0.200. The summed E-state index contributed by atoms with van der Waals surface area (Å²) < 4.78 is 4.96. The third-order valence-electron chi connectivity index (χ3n) is 1.64. The van der Waals surface area contributed by atoms with Crippen molar-refractivity contribution in [3.05, 3.63) is 36.4 Å².